The Labute approximate surface area is 169 Å². The summed E-state index contributed by atoms with van der Waals surface area (Å²) in [7, 11) is 0. The molecular weight excluding hydrogens is 374 g/mol. The van der Waals surface area contributed by atoms with E-state index < -0.39 is 6.10 Å². The van der Waals surface area contributed by atoms with Crippen LogP contribution < -0.4 is 4.74 Å². The molecule has 2 heterocycles. The van der Waals surface area contributed by atoms with Crippen LogP contribution in [0.1, 0.15) is 45.1 Å². The van der Waals surface area contributed by atoms with Gasteiger partial charge in [0, 0.05) is 6.54 Å². The highest BCUT2D eigenvalue weighted by Gasteiger charge is 2.24. The van der Waals surface area contributed by atoms with E-state index in [0.717, 1.165) is 16.2 Å². The van der Waals surface area contributed by atoms with Gasteiger partial charge in [0.2, 0.25) is 11.7 Å². The molecule has 2 aromatic heterocycles. The Morgan fingerprint density at radius 1 is 1.21 bits per heavy atom. The van der Waals surface area contributed by atoms with Crippen LogP contribution in [0.4, 0.5) is 0 Å². The summed E-state index contributed by atoms with van der Waals surface area (Å²) < 4.78 is 11.3. The summed E-state index contributed by atoms with van der Waals surface area (Å²) in [6.07, 6.45) is -0.612. The Balaban J connectivity index is 1.68. The summed E-state index contributed by atoms with van der Waals surface area (Å²) in [4.78, 5) is 19.9. The number of para-hydroxylation sites is 1. The zero-order chi connectivity index (χ0) is 20.1. The summed E-state index contributed by atoms with van der Waals surface area (Å²) in [6, 6.07) is 11.7. The van der Waals surface area contributed by atoms with Crippen molar-refractivity contribution in [3.05, 3.63) is 53.2 Å². The van der Waals surface area contributed by atoms with Gasteiger partial charge in [0.25, 0.3) is 5.91 Å². The number of benzene rings is 1. The Morgan fingerprint density at radius 2 is 2.00 bits per heavy atom. The van der Waals surface area contributed by atoms with Gasteiger partial charge in [-0.25, -0.2) is 0 Å². The predicted molar refractivity (Wildman–Crippen MR) is 109 cm³/mol. The van der Waals surface area contributed by atoms with Crippen LogP contribution in [0.5, 0.6) is 5.75 Å². The van der Waals surface area contributed by atoms with E-state index in [9.17, 15) is 4.79 Å². The molecule has 3 aromatic rings. The number of carbonyl (C=O) groups excluding carboxylic acids is 1. The van der Waals surface area contributed by atoms with E-state index >= 15 is 0 Å². The first-order valence-electron chi connectivity index (χ1n) is 9.40. The van der Waals surface area contributed by atoms with Crippen molar-refractivity contribution in [2.75, 3.05) is 6.54 Å². The lowest BCUT2D eigenvalue weighted by Crippen LogP contribution is -2.40. The van der Waals surface area contributed by atoms with Gasteiger partial charge in [-0.2, -0.15) is 4.98 Å². The van der Waals surface area contributed by atoms with Crippen molar-refractivity contribution in [2.45, 2.75) is 46.3 Å². The standard InChI is InChI=1S/C21H25N3O3S/c1-5-24(13-19-22-20(23-27-19)18-11-8-12-28-18)21(25)15(4)26-17-10-7-6-9-16(17)14(2)3/h6-12,14-15H,5,13H2,1-4H3/t15-/m0/s1. The molecule has 0 spiro atoms. The molecule has 7 heteroatoms. The largest absolute Gasteiger partial charge is 0.481 e. The third kappa shape index (κ3) is 4.59. The molecule has 1 amide bonds. The van der Waals surface area contributed by atoms with Gasteiger partial charge in [-0.05, 0) is 42.8 Å². The summed E-state index contributed by atoms with van der Waals surface area (Å²) >= 11 is 1.54. The molecule has 148 valence electrons. The number of likely N-dealkylation sites (N-methyl/N-ethyl adjacent to an activating group) is 1. The zero-order valence-electron chi connectivity index (χ0n) is 16.6. The van der Waals surface area contributed by atoms with Crippen molar-refractivity contribution in [1.29, 1.82) is 0 Å². The third-order valence-corrected chi connectivity index (χ3v) is 5.29. The van der Waals surface area contributed by atoms with Gasteiger partial charge in [-0.3, -0.25) is 4.79 Å². The summed E-state index contributed by atoms with van der Waals surface area (Å²) in [5.74, 6) is 1.90. The minimum Gasteiger partial charge on any atom is -0.481 e. The maximum atomic E-state index is 12.9. The Morgan fingerprint density at radius 3 is 2.68 bits per heavy atom. The normalized spacial score (nSPS) is 12.2. The first-order valence-corrected chi connectivity index (χ1v) is 10.3. The zero-order valence-corrected chi connectivity index (χ0v) is 17.4. The van der Waals surface area contributed by atoms with Gasteiger partial charge in [-0.15, -0.1) is 11.3 Å². The Kier molecular flexibility index (Phi) is 6.46. The first-order chi connectivity index (χ1) is 13.5. The van der Waals surface area contributed by atoms with E-state index in [1.165, 1.54) is 0 Å². The highest BCUT2D eigenvalue weighted by atomic mass is 32.1. The van der Waals surface area contributed by atoms with E-state index in [2.05, 4.69) is 24.0 Å². The minimum absolute atomic E-state index is 0.114. The fraction of sp³-hybridized carbons (Fsp3) is 0.381. The maximum Gasteiger partial charge on any atom is 0.263 e. The summed E-state index contributed by atoms with van der Waals surface area (Å²) in [5, 5.41) is 5.96. The van der Waals surface area contributed by atoms with Crippen LogP contribution in [0, 0.1) is 0 Å². The SMILES string of the molecule is CCN(Cc1nc(-c2cccs2)no1)C(=O)[C@H](C)Oc1ccccc1C(C)C. The van der Waals surface area contributed by atoms with Crippen molar-refractivity contribution in [2.24, 2.45) is 0 Å². The fourth-order valence-electron chi connectivity index (χ4n) is 2.90. The lowest BCUT2D eigenvalue weighted by atomic mass is 10.0. The lowest BCUT2D eigenvalue weighted by molar-refractivity contribution is -0.138. The summed E-state index contributed by atoms with van der Waals surface area (Å²) in [6.45, 7) is 8.68. The molecule has 0 fully saturated rings. The molecule has 0 bridgehead atoms. The van der Waals surface area contributed by atoms with Gasteiger partial charge in [0.1, 0.15) is 12.3 Å². The van der Waals surface area contributed by atoms with Crippen LogP contribution in [-0.4, -0.2) is 33.6 Å². The van der Waals surface area contributed by atoms with Gasteiger partial charge in [0.05, 0.1) is 4.88 Å². The maximum absolute atomic E-state index is 12.9. The second-order valence-corrected chi connectivity index (χ2v) is 7.74. The number of hydrogen-bond donors (Lipinski definition) is 0. The molecule has 0 aliphatic rings. The number of carbonyl (C=O) groups is 1. The molecule has 0 aliphatic heterocycles. The number of hydrogen-bond acceptors (Lipinski definition) is 6. The van der Waals surface area contributed by atoms with Crippen molar-refractivity contribution < 1.29 is 14.1 Å². The van der Waals surface area contributed by atoms with E-state index in [1.807, 2.05) is 48.7 Å². The molecule has 1 aromatic carbocycles. The molecular formula is C21H25N3O3S. The van der Waals surface area contributed by atoms with E-state index in [4.69, 9.17) is 9.26 Å². The molecule has 3 rings (SSSR count). The van der Waals surface area contributed by atoms with Crippen molar-refractivity contribution in [3.8, 4) is 16.5 Å². The molecule has 0 unspecified atom stereocenters. The topological polar surface area (TPSA) is 68.5 Å². The van der Waals surface area contributed by atoms with Crippen LogP contribution >= 0.6 is 11.3 Å². The Hall–Kier alpha value is -2.67. The molecule has 0 radical (unpaired) electrons. The van der Waals surface area contributed by atoms with E-state index in [1.54, 1.807) is 23.2 Å². The van der Waals surface area contributed by atoms with E-state index in [0.29, 0.717) is 24.2 Å². The molecule has 0 saturated heterocycles. The quantitative estimate of drug-likeness (QED) is 0.547. The van der Waals surface area contributed by atoms with Crippen molar-refractivity contribution in [1.82, 2.24) is 15.0 Å². The number of thiophene rings is 1. The van der Waals surface area contributed by atoms with Crippen LogP contribution in [0.25, 0.3) is 10.7 Å². The average molecular weight is 400 g/mol. The number of rotatable bonds is 8. The second-order valence-electron chi connectivity index (χ2n) is 6.79. The number of ether oxygens (including phenoxy) is 1. The predicted octanol–water partition coefficient (Wildman–Crippen LogP) is 4.74. The van der Waals surface area contributed by atoms with Gasteiger partial charge in [0.15, 0.2) is 6.10 Å². The minimum atomic E-state index is -0.612. The highest BCUT2D eigenvalue weighted by molar-refractivity contribution is 7.13. The first kappa shape index (κ1) is 20.1. The molecule has 0 N–H and O–H groups in total. The van der Waals surface area contributed by atoms with Crippen LogP contribution in [0.2, 0.25) is 0 Å². The van der Waals surface area contributed by atoms with Crippen molar-refractivity contribution >= 4 is 17.2 Å². The van der Waals surface area contributed by atoms with E-state index in [-0.39, 0.29) is 12.5 Å². The third-order valence-electron chi connectivity index (χ3n) is 4.42. The number of aromatic nitrogens is 2. The Bertz CT molecular complexity index is 905. The molecule has 28 heavy (non-hydrogen) atoms. The van der Waals surface area contributed by atoms with Crippen molar-refractivity contribution in [3.63, 3.8) is 0 Å². The highest BCUT2D eigenvalue weighted by Crippen LogP contribution is 2.27. The number of nitrogens with zero attached hydrogens (tertiary/aromatic N) is 3. The van der Waals surface area contributed by atoms with Crippen LogP contribution in [0.3, 0.4) is 0 Å². The van der Waals surface area contributed by atoms with Gasteiger partial charge >= 0.3 is 0 Å². The van der Waals surface area contributed by atoms with Crippen LogP contribution in [0.15, 0.2) is 46.3 Å². The number of amides is 1. The molecule has 1 atom stereocenters. The van der Waals surface area contributed by atoms with Gasteiger partial charge < -0.3 is 14.2 Å². The molecule has 6 nitrogen and oxygen atoms in total. The fourth-order valence-corrected chi connectivity index (χ4v) is 3.55. The van der Waals surface area contributed by atoms with Gasteiger partial charge in [-0.1, -0.05) is 43.3 Å². The lowest BCUT2D eigenvalue weighted by Gasteiger charge is -2.24. The molecule has 0 aliphatic carbocycles. The molecule has 0 saturated carbocycles. The van der Waals surface area contributed by atoms with Crippen LogP contribution in [-0.2, 0) is 11.3 Å². The smallest absolute Gasteiger partial charge is 0.263 e. The average Bonchev–Trinajstić information content (AvgIpc) is 3.37. The second kappa shape index (κ2) is 9.01. The summed E-state index contributed by atoms with van der Waals surface area (Å²) in [5.41, 5.74) is 1.09. The monoisotopic (exact) mass is 399 g/mol.